The number of nitrogens with one attached hydrogen (secondary N) is 2. The van der Waals surface area contributed by atoms with Gasteiger partial charge in [-0.25, -0.2) is 0 Å². The highest BCUT2D eigenvalue weighted by Crippen LogP contribution is 2.38. The zero-order valence-corrected chi connectivity index (χ0v) is 14.3. The van der Waals surface area contributed by atoms with Gasteiger partial charge in [-0.3, -0.25) is 0 Å². The quantitative estimate of drug-likeness (QED) is 0.534. The molecular formula is C20H25N3O. The molecule has 2 heterocycles. The Bertz CT molecular complexity index is 706. The van der Waals surface area contributed by atoms with Gasteiger partial charge in [0.1, 0.15) is 5.76 Å². The number of allylic oxidation sites excluding steroid dienone is 5. The van der Waals surface area contributed by atoms with Gasteiger partial charge in [0.2, 0.25) is 0 Å². The van der Waals surface area contributed by atoms with Gasteiger partial charge in [-0.15, -0.1) is 0 Å². The number of hydrazone groups is 1. The average molecular weight is 323 g/mol. The fourth-order valence-corrected chi connectivity index (χ4v) is 3.65. The van der Waals surface area contributed by atoms with Crippen LogP contribution in [0.5, 0.6) is 0 Å². The number of dihydropyridines is 1. The molecule has 0 aromatic rings. The number of aliphatic hydroxyl groups is 1. The third kappa shape index (κ3) is 2.96. The van der Waals surface area contributed by atoms with Gasteiger partial charge in [0.05, 0.1) is 12.1 Å². The number of aliphatic hydroxyl groups excluding tert-OH is 1. The van der Waals surface area contributed by atoms with Gasteiger partial charge >= 0.3 is 0 Å². The highest BCUT2D eigenvalue weighted by Gasteiger charge is 2.35. The predicted molar refractivity (Wildman–Crippen MR) is 99.7 cm³/mol. The van der Waals surface area contributed by atoms with Crippen LogP contribution in [0.3, 0.4) is 0 Å². The molecule has 0 saturated heterocycles. The van der Waals surface area contributed by atoms with Gasteiger partial charge in [-0.1, -0.05) is 38.2 Å². The molecule has 126 valence electrons. The topological polar surface area (TPSA) is 56.6 Å². The van der Waals surface area contributed by atoms with Crippen LogP contribution in [-0.4, -0.2) is 23.4 Å². The SMILES string of the molecule is C=C/C=C(O)\C=C\C1NC2=C(C(C)=C1CCC)C1C=NNC1C=C2. The van der Waals surface area contributed by atoms with Crippen LogP contribution in [0.25, 0.3) is 0 Å². The summed E-state index contributed by atoms with van der Waals surface area (Å²) < 4.78 is 0. The van der Waals surface area contributed by atoms with E-state index in [1.54, 1.807) is 18.2 Å². The summed E-state index contributed by atoms with van der Waals surface area (Å²) in [5, 5.41) is 17.7. The summed E-state index contributed by atoms with van der Waals surface area (Å²) in [6.07, 6.45) is 15.4. The second kappa shape index (κ2) is 6.95. The second-order valence-electron chi connectivity index (χ2n) is 6.35. The first kappa shape index (κ1) is 16.4. The molecule has 3 aliphatic rings. The van der Waals surface area contributed by atoms with Gasteiger partial charge in [0.25, 0.3) is 0 Å². The lowest BCUT2D eigenvalue weighted by Crippen LogP contribution is -2.39. The molecular weight excluding hydrogens is 298 g/mol. The summed E-state index contributed by atoms with van der Waals surface area (Å²) in [5.74, 6) is 0.509. The van der Waals surface area contributed by atoms with Crippen molar-refractivity contribution in [3.05, 3.63) is 71.2 Å². The zero-order chi connectivity index (χ0) is 17.1. The molecule has 0 spiro atoms. The number of hydrogen-bond acceptors (Lipinski definition) is 4. The average Bonchev–Trinajstić information content (AvgIpc) is 3.04. The van der Waals surface area contributed by atoms with Crippen LogP contribution in [0.4, 0.5) is 0 Å². The van der Waals surface area contributed by atoms with Crippen molar-refractivity contribution in [2.24, 2.45) is 11.0 Å². The van der Waals surface area contributed by atoms with Crippen LogP contribution in [-0.2, 0) is 0 Å². The van der Waals surface area contributed by atoms with Crippen LogP contribution < -0.4 is 10.7 Å². The predicted octanol–water partition coefficient (Wildman–Crippen LogP) is 3.66. The molecule has 3 unspecified atom stereocenters. The van der Waals surface area contributed by atoms with Crippen molar-refractivity contribution in [1.29, 1.82) is 0 Å². The van der Waals surface area contributed by atoms with Gasteiger partial charge in [0, 0.05) is 17.8 Å². The van der Waals surface area contributed by atoms with Crippen LogP contribution in [0.15, 0.2) is 76.3 Å². The van der Waals surface area contributed by atoms with Crippen molar-refractivity contribution >= 4 is 6.21 Å². The molecule has 24 heavy (non-hydrogen) atoms. The first-order valence-corrected chi connectivity index (χ1v) is 8.53. The Balaban J connectivity index is 1.95. The summed E-state index contributed by atoms with van der Waals surface area (Å²) in [7, 11) is 0. The fraction of sp³-hybridized carbons (Fsp3) is 0.350. The van der Waals surface area contributed by atoms with Crippen molar-refractivity contribution in [2.45, 2.75) is 38.8 Å². The third-order valence-corrected chi connectivity index (χ3v) is 4.78. The number of fused-ring (bicyclic) bond motifs is 2. The van der Waals surface area contributed by atoms with Crippen LogP contribution in [0, 0.1) is 5.92 Å². The third-order valence-electron chi connectivity index (χ3n) is 4.78. The molecule has 0 saturated carbocycles. The highest BCUT2D eigenvalue weighted by molar-refractivity contribution is 5.74. The van der Waals surface area contributed by atoms with E-state index in [0.717, 1.165) is 18.5 Å². The van der Waals surface area contributed by atoms with E-state index in [1.807, 2.05) is 12.3 Å². The molecule has 3 rings (SSSR count). The summed E-state index contributed by atoms with van der Waals surface area (Å²) in [4.78, 5) is 0. The largest absolute Gasteiger partial charge is 0.508 e. The second-order valence-corrected chi connectivity index (χ2v) is 6.35. The Morgan fingerprint density at radius 2 is 2.29 bits per heavy atom. The fourth-order valence-electron chi connectivity index (χ4n) is 3.65. The summed E-state index contributed by atoms with van der Waals surface area (Å²) >= 11 is 0. The minimum Gasteiger partial charge on any atom is -0.508 e. The first-order valence-electron chi connectivity index (χ1n) is 8.53. The van der Waals surface area contributed by atoms with Crippen LogP contribution in [0.1, 0.15) is 26.7 Å². The van der Waals surface area contributed by atoms with E-state index < -0.39 is 0 Å². The van der Waals surface area contributed by atoms with Crippen molar-refractivity contribution in [3.63, 3.8) is 0 Å². The van der Waals surface area contributed by atoms with Crippen molar-refractivity contribution in [2.75, 3.05) is 0 Å². The molecule has 3 N–H and O–H groups in total. The molecule has 2 aliphatic heterocycles. The zero-order valence-electron chi connectivity index (χ0n) is 14.3. The summed E-state index contributed by atoms with van der Waals surface area (Å²) in [6.45, 7) is 8.02. The Morgan fingerprint density at radius 1 is 1.46 bits per heavy atom. The maximum absolute atomic E-state index is 9.82. The Morgan fingerprint density at radius 3 is 3.04 bits per heavy atom. The molecule has 0 radical (unpaired) electrons. The van der Waals surface area contributed by atoms with Crippen molar-refractivity contribution in [3.8, 4) is 0 Å². The lowest BCUT2D eigenvalue weighted by molar-refractivity contribution is 0.432. The number of hydrogen-bond donors (Lipinski definition) is 3. The lowest BCUT2D eigenvalue weighted by Gasteiger charge is -2.35. The molecule has 0 amide bonds. The van der Waals surface area contributed by atoms with E-state index in [4.69, 9.17) is 0 Å². The molecule has 0 bridgehead atoms. The minimum atomic E-state index is 0.0940. The molecule has 1 aliphatic carbocycles. The molecule has 3 atom stereocenters. The molecule has 0 aromatic carbocycles. The van der Waals surface area contributed by atoms with E-state index in [1.165, 1.54) is 16.7 Å². The summed E-state index contributed by atoms with van der Waals surface area (Å²) in [5.41, 5.74) is 8.39. The van der Waals surface area contributed by atoms with Gasteiger partial charge in [-0.2, -0.15) is 5.10 Å². The molecule has 4 heteroatoms. The Labute approximate surface area is 143 Å². The van der Waals surface area contributed by atoms with E-state index in [-0.39, 0.29) is 17.8 Å². The lowest BCUT2D eigenvalue weighted by atomic mass is 9.77. The van der Waals surface area contributed by atoms with Crippen LogP contribution >= 0.6 is 0 Å². The monoisotopic (exact) mass is 323 g/mol. The smallest absolute Gasteiger partial charge is 0.115 e. The Kier molecular flexibility index (Phi) is 4.74. The van der Waals surface area contributed by atoms with E-state index in [2.05, 4.69) is 48.4 Å². The maximum Gasteiger partial charge on any atom is 0.115 e. The standard InChI is InChI=1S/C20H25N3O/c1-4-6-14(24)8-9-17-15(7-5-2)13(3)20-16-12-21-23-18(16)10-11-19(20)22-17/h4,6,8-12,16-18,22-24H,1,5,7H2,2-3H3/b9-8+,14-6+. The van der Waals surface area contributed by atoms with Gasteiger partial charge < -0.3 is 15.8 Å². The summed E-state index contributed by atoms with van der Waals surface area (Å²) in [6, 6.07) is 0.353. The van der Waals surface area contributed by atoms with E-state index in [0.29, 0.717) is 5.92 Å². The molecule has 4 nitrogen and oxygen atoms in total. The highest BCUT2D eigenvalue weighted by atomic mass is 16.3. The maximum atomic E-state index is 9.82. The minimum absolute atomic E-state index is 0.0940. The Hall–Kier alpha value is -2.49. The normalized spacial score (nSPS) is 28.8. The van der Waals surface area contributed by atoms with E-state index >= 15 is 0 Å². The first-order chi connectivity index (χ1) is 11.7. The molecule has 0 aromatic heterocycles. The van der Waals surface area contributed by atoms with Crippen molar-refractivity contribution in [1.82, 2.24) is 10.7 Å². The van der Waals surface area contributed by atoms with E-state index in [9.17, 15) is 5.11 Å². The van der Waals surface area contributed by atoms with Crippen LogP contribution in [0.2, 0.25) is 0 Å². The van der Waals surface area contributed by atoms with Gasteiger partial charge in [0.15, 0.2) is 0 Å². The number of nitrogens with zero attached hydrogens (tertiary/aromatic N) is 1. The number of rotatable bonds is 5. The molecule has 0 fully saturated rings. The van der Waals surface area contributed by atoms with Crippen molar-refractivity contribution < 1.29 is 5.11 Å². The van der Waals surface area contributed by atoms with Gasteiger partial charge in [-0.05, 0) is 48.3 Å².